The van der Waals surface area contributed by atoms with Crippen molar-refractivity contribution in [3.63, 3.8) is 0 Å². The second kappa shape index (κ2) is 5.56. The number of aryl methyl sites for hydroxylation is 1. The van der Waals surface area contributed by atoms with Crippen LogP contribution < -0.4 is 10.6 Å². The highest BCUT2D eigenvalue weighted by atomic mass is 16.2. The first kappa shape index (κ1) is 13.6. The van der Waals surface area contributed by atoms with Gasteiger partial charge in [-0.25, -0.2) is 4.98 Å². The van der Waals surface area contributed by atoms with Crippen molar-refractivity contribution in [1.82, 2.24) is 4.98 Å². The summed E-state index contributed by atoms with van der Waals surface area (Å²) in [7, 11) is 0. The quantitative estimate of drug-likeness (QED) is 0.896. The highest BCUT2D eigenvalue weighted by Crippen LogP contribution is 2.30. The largest absolute Gasteiger partial charge is 0.354 e. The van der Waals surface area contributed by atoms with Crippen LogP contribution in [-0.4, -0.2) is 10.9 Å². The molecule has 3 rings (SSSR count). The number of rotatable bonds is 4. The lowest BCUT2D eigenvalue weighted by atomic mass is 10.1. The van der Waals surface area contributed by atoms with E-state index < -0.39 is 0 Å². The summed E-state index contributed by atoms with van der Waals surface area (Å²) in [5.74, 6) is 0.885. The maximum Gasteiger partial charge on any atom is 0.228 e. The van der Waals surface area contributed by atoms with Crippen LogP contribution in [0.4, 0.5) is 17.2 Å². The zero-order valence-electron chi connectivity index (χ0n) is 12.3. The van der Waals surface area contributed by atoms with E-state index in [0.29, 0.717) is 5.82 Å². The number of amides is 1. The van der Waals surface area contributed by atoms with Gasteiger partial charge in [-0.1, -0.05) is 12.1 Å². The van der Waals surface area contributed by atoms with E-state index in [1.165, 1.54) is 11.1 Å². The van der Waals surface area contributed by atoms with Gasteiger partial charge in [0.1, 0.15) is 5.82 Å². The fourth-order valence-electron chi connectivity index (χ4n) is 2.16. The monoisotopic (exact) mass is 281 g/mol. The number of nitrogens with one attached hydrogen (secondary N) is 2. The van der Waals surface area contributed by atoms with Gasteiger partial charge in [-0.3, -0.25) is 4.79 Å². The van der Waals surface area contributed by atoms with E-state index in [2.05, 4.69) is 35.5 Å². The summed E-state index contributed by atoms with van der Waals surface area (Å²) < 4.78 is 0. The molecule has 1 amide bonds. The number of benzene rings is 1. The van der Waals surface area contributed by atoms with E-state index >= 15 is 0 Å². The molecule has 2 N–H and O–H groups in total. The van der Waals surface area contributed by atoms with Crippen LogP contribution in [0.2, 0.25) is 0 Å². The number of pyridine rings is 1. The minimum absolute atomic E-state index is 0.0812. The minimum atomic E-state index is 0.0812. The van der Waals surface area contributed by atoms with Crippen molar-refractivity contribution >= 4 is 23.1 Å². The number of hydrogen-bond acceptors (Lipinski definition) is 3. The van der Waals surface area contributed by atoms with Crippen molar-refractivity contribution in [3.8, 4) is 0 Å². The van der Waals surface area contributed by atoms with E-state index in [1.54, 1.807) is 6.20 Å². The van der Waals surface area contributed by atoms with Gasteiger partial charge in [-0.05, 0) is 56.0 Å². The molecule has 1 aromatic heterocycles. The van der Waals surface area contributed by atoms with Crippen molar-refractivity contribution < 1.29 is 4.79 Å². The SMILES string of the molecule is Cc1cccc(Nc2ccc(NC(=O)C3CC3)nc2)c1C. The van der Waals surface area contributed by atoms with Crippen molar-refractivity contribution in [2.45, 2.75) is 26.7 Å². The normalized spacial score (nSPS) is 13.8. The van der Waals surface area contributed by atoms with Crippen LogP contribution in [0.1, 0.15) is 24.0 Å². The van der Waals surface area contributed by atoms with Crippen LogP contribution in [0.25, 0.3) is 0 Å². The molecule has 2 aromatic rings. The molecule has 1 fully saturated rings. The summed E-state index contributed by atoms with van der Waals surface area (Å²) >= 11 is 0. The van der Waals surface area contributed by atoms with Crippen LogP contribution in [-0.2, 0) is 4.79 Å². The standard InChI is InChI=1S/C17H19N3O/c1-11-4-3-5-15(12(11)2)19-14-8-9-16(18-10-14)20-17(21)13-6-7-13/h3-5,8-10,13,19H,6-7H2,1-2H3,(H,18,20,21). The fourth-order valence-corrected chi connectivity index (χ4v) is 2.16. The molecule has 0 radical (unpaired) electrons. The number of hydrogen-bond donors (Lipinski definition) is 2. The molecule has 0 atom stereocenters. The Kier molecular flexibility index (Phi) is 3.60. The minimum Gasteiger partial charge on any atom is -0.354 e. The molecule has 4 nitrogen and oxygen atoms in total. The lowest BCUT2D eigenvalue weighted by Crippen LogP contribution is -2.14. The smallest absolute Gasteiger partial charge is 0.228 e. The Morgan fingerprint density at radius 1 is 1.19 bits per heavy atom. The Morgan fingerprint density at radius 2 is 2.00 bits per heavy atom. The molecule has 21 heavy (non-hydrogen) atoms. The molecule has 0 bridgehead atoms. The third-order valence-corrected chi connectivity index (χ3v) is 3.85. The first-order valence-electron chi connectivity index (χ1n) is 7.23. The van der Waals surface area contributed by atoms with Crippen molar-refractivity contribution in [2.24, 2.45) is 5.92 Å². The van der Waals surface area contributed by atoms with Crippen molar-refractivity contribution in [3.05, 3.63) is 47.7 Å². The van der Waals surface area contributed by atoms with Crippen LogP contribution in [0, 0.1) is 19.8 Å². The average Bonchev–Trinajstić information content (AvgIpc) is 3.30. The van der Waals surface area contributed by atoms with Gasteiger partial charge in [-0.2, -0.15) is 0 Å². The maximum absolute atomic E-state index is 11.7. The third-order valence-electron chi connectivity index (χ3n) is 3.85. The number of carbonyl (C=O) groups excluding carboxylic acids is 1. The second-order valence-corrected chi connectivity index (χ2v) is 5.57. The van der Waals surface area contributed by atoms with Crippen molar-refractivity contribution in [1.29, 1.82) is 0 Å². The number of anilines is 3. The van der Waals surface area contributed by atoms with Gasteiger partial charge in [0.15, 0.2) is 0 Å². The molecule has 0 spiro atoms. The zero-order valence-corrected chi connectivity index (χ0v) is 12.3. The Morgan fingerprint density at radius 3 is 2.67 bits per heavy atom. The topological polar surface area (TPSA) is 54.0 Å². The van der Waals surface area contributed by atoms with Gasteiger partial charge < -0.3 is 10.6 Å². The molecule has 0 saturated heterocycles. The molecule has 0 unspecified atom stereocenters. The highest BCUT2D eigenvalue weighted by molar-refractivity contribution is 5.93. The van der Waals surface area contributed by atoms with Gasteiger partial charge in [0.05, 0.1) is 11.9 Å². The molecular formula is C17H19N3O. The predicted octanol–water partition coefficient (Wildman–Crippen LogP) is 3.79. The summed E-state index contributed by atoms with van der Waals surface area (Å²) in [6.45, 7) is 4.19. The van der Waals surface area contributed by atoms with Crippen LogP contribution in [0.5, 0.6) is 0 Å². The predicted molar refractivity (Wildman–Crippen MR) is 84.8 cm³/mol. The molecule has 1 aromatic carbocycles. The van der Waals surface area contributed by atoms with Gasteiger partial charge in [0.25, 0.3) is 0 Å². The molecule has 0 aliphatic heterocycles. The summed E-state index contributed by atoms with van der Waals surface area (Å²) in [5, 5.41) is 6.19. The lowest BCUT2D eigenvalue weighted by molar-refractivity contribution is -0.117. The lowest BCUT2D eigenvalue weighted by Gasteiger charge is -2.11. The third kappa shape index (κ3) is 3.21. The number of carbonyl (C=O) groups is 1. The van der Waals surface area contributed by atoms with E-state index in [-0.39, 0.29) is 11.8 Å². The summed E-state index contributed by atoms with van der Waals surface area (Å²) in [6.07, 6.45) is 3.74. The number of aromatic nitrogens is 1. The zero-order chi connectivity index (χ0) is 14.8. The maximum atomic E-state index is 11.7. The Balaban J connectivity index is 1.69. The first-order valence-corrected chi connectivity index (χ1v) is 7.23. The molecular weight excluding hydrogens is 262 g/mol. The van der Waals surface area contributed by atoms with E-state index in [9.17, 15) is 4.79 Å². The second-order valence-electron chi connectivity index (χ2n) is 5.57. The Labute approximate surface area is 124 Å². The average molecular weight is 281 g/mol. The van der Waals surface area contributed by atoms with Gasteiger partial charge >= 0.3 is 0 Å². The van der Waals surface area contributed by atoms with Gasteiger partial charge in [0, 0.05) is 11.6 Å². The Bertz CT molecular complexity index is 660. The Hall–Kier alpha value is -2.36. The summed E-state index contributed by atoms with van der Waals surface area (Å²) in [6, 6.07) is 9.92. The summed E-state index contributed by atoms with van der Waals surface area (Å²) in [4.78, 5) is 15.9. The summed E-state index contributed by atoms with van der Waals surface area (Å²) in [5.41, 5.74) is 4.46. The van der Waals surface area contributed by atoms with E-state index in [1.807, 2.05) is 24.3 Å². The molecule has 108 valence electrons. The van der Waals surface area contributed by atoms with Crippen molar-refractivity contribution in [2.75, 3.05) is 10.6 Å². The fraction of sp³-hybridized carbons (Fsp3) is 0.294. The number of nitrogens with zero attached hydrogens (tertiary/aromatic N) is 1. The first-order chi connectivity index (χ1) is 10.1. The highest BCUT2D eigenvalue weighted by Gasteiger charge is 2.29. The van der Waals surface area contributed by atoms with E-state index in [0.717, 1.165) is 24.2 Å². The molecule has 1 heterocycles. The van der Waals surface area contributed by atoms with Crippen LogP contribution >= 0.6 is 0 Å². The molecule has 1 aliphatic rings. The van der Waals surface area contributed by atoms with Crippen LogP contribution in [0.15, 0.2) is 36.5 Å². The molecule has 1 saturated carbocycles. The molecule has 4 heteroatoms. The van der Waals surface area contributed by atoms with E-state index in [4.69, 9.17) is 0 Å². The van der Waals surface area contributed by atoms with Gasteiger partial charge in [-0.15, -0.1) is 0 Å². The molecule has 1 aliphatic carbocycles. The van der Waals surface area contributed by atoms with Gasteiger partial charge in [0.2, 0.25) is 5.91 Å². The van der Waals surface area contributed by atoms with Crippen LogP contribution in [0.3, 0.4) is 0 Å².